The molecular weight excluding hydrogens is 393 g/mol. The van der Waals surface area contributed by atoms with Crippen LogP contribution in [0.25, 0.3) is 0 Å². The third-order valence-electron chi connectivity index (χ3n) is 5.54. The second-order valence-corrected chi connectivity index (χ2v) is 7.80. The SMILES string of the molecule is CN(C)C(CNC(=O)C1CCN(c2ccc(C(F)(F)F)cn2)CC1)c1ccccc1. The maximum Gasteiger partial charge on any atom is 0.417 e. The van der Waals surface area contributed by atoms with Crippen LogP contribution in [0.3, 0.4) is 0 Å². The zero-order valence-corrected chi connectivity index (χ0v) is 17.2. The van der Waals surface area contributed by atoms with Crippen LogP contribution in [0, 0.1) is 5.92 Å². The van der Waals surface area contributed by atoms with Gasteiger partial charge in [-0.3, -0.25) is 4.79 Å². The monoisotopic (exact) mass is 420 g/mol. The Kier molecular flexibility index (Phi) is 6.97. The van der Waals surface area contributed by atoms with Gasteiger partial charge in [-0.05, 0) is 44.6 Å². The summed E-state index contributed by atoms with van der Waals surface area (Å²) < 4.78 is 38.1. The van der Waals surface area contributed by atoms with Gasteiger partial charge in [0.05, 0.1) is 11.6 Å². The van der Waals surface area contributed by atoms with Crippen molar-refractivity contribution in [1.82, 2.24) is 15.2 Å². The Labute approximate surface area is 174 Å². The second-order valence-electron chi connectivity index (χ2n) is 7.80. The first-order chi connectivity index (χ1) is 14.3. The molecule has 30 heavy (non-hydrogen) atoms. The molecule has 1 aliphatic rings. The van der Waals surface area contributed by atoms with Crippen molar-refractivity contribution < 1.29 is 18.0 Å². The molecule has 1 aromatic heterocycles. The van der Waals surface area contributed by atoms with Crippen molar-refractivity contribution in [2.45, 2.75) is 25.1 Å². The minimum atomic E-state index is -4.39. The number of hydrogen-bond acceptors (Lipinski definition) is 4. The number of benzene rings is 1. The lowest BCUT2D eigenvalue weighted by atomic mass is 9.95. The molecule has 1 fully saturated rings. The number of alkyl halides is 3. The third-order valence-corrected chi connectivity index (χ3v) is 5.54. The minimum Gasteiger partial charge on any atom is -0.357 e. The molecule has 162 valence electrons. The van der Waals surface area contributed by atoms with E-state index in [9.17, 15) is 18.0 Å². The van der Waals surface area contributed by atoms with Crippen LogP contribution in [0.5, 0.6) is 0 Å². The molecule has 1 amide bonds. The first-order valence-corrected chi connectivity index (χ1v) is 10.0. The van der Waals surface area contributed by atoms with Crippen LogP contribution in [0.2, 0.25) is 0 Å². The highest BCUT2D eigenvalue weighted by atomic mass is 19.4. The van der Waals surface area contributed by atoms with Gasteiger partial charge >= 0.3 is 6.18 Å². The molecule has 1 unspecified atom stereocenters. The first kappa shape index (κ1) is 22.1. The lowest BCUT2D eigenvalue weighted by molar-refractivity contribution is -0.137. The number of rotatable bonds is 6. The zero-order chi connectivity index (χ0) is 21.7. The number of nitrogens with one attached hydrogen (secondary N) is 1. The summed E-state index contributed by atoms with van der Waals surface area (Å²) in [5.74, 6) is 0.436. The summed E-state index contributed by atoms with van der Waals surface area (Å²) in [6.07, 6.45) is -2.24. The van der Waals surface area contributed by atoms with Crippen LogP contribution < -0.4 is 10.2 Å². The summed E-state index contributed by atoms with van der Waals surface area (Å²) in [4.78, 5) is 20.6. The standard InChI is InChI=1S/C22H27F3N4O/c1-28(2)19(16-6-4-3-5-7-16)15-27-21(30)17-10-12-29(13-11-17)20-9-8-18(14-26-20)22(23,24)25/h3-9,14,17,19H,10-13,15H2,1-2H3,(H,27,30). The van der Waals surface area contributed by atoms with Crippen molar-refractivity contribution in [3.8, 4) is 0 Å². The van der Waals surface area contributed by atoms with E-state index in [-0.39, 0.29) is 17.9 Å². The Hall–Kier alpha value is -2.61. The summed E-state index contributed by atoms with van der Waals surface area (Å²) in [6, 6.07) is 12.6. The average Bonchev–Trinajstić information content (AvgIpc) is 2.74. The van der Waals surface area contributed by atoms with Gasteiger partial charge in [0.2, 0.25) is 5.91 Å². The molecule has 2 aromatic rings. The van der Waals surface area contributed by atoms with Crippen LogP contribution in [0.15, 0.2) is 48.7 Å². The number of likely N-dealkylation sites (N-methyl/N-ethyl adjacent to an activating group) is 1. The van der Waals surface area contributed by atoms with E-state index in [0.29, 0.717) is 38.3 Å². The van der Waals surface area contributed by atoms with E-state index in [2.05, 4.69) is 15.2 Å². The van der Waals surface area contributed by atoms with Crippen molar-refractivity contribution >= 4 is 11.7 Å². The fourth-order valence-corrected chi connectivity index (χ4v) is 3.73. The number of pyridine rings is 1. The number of hydrogen-bond donors (Lipinski definition) is 1. The molecule has 5 nitrogen and oxygen atoms in total. The Morgan fingerprint density at radius 1 is 1.17 bits per heavy atom. The largest absolute Gasteiger partial charge is 0.417 e. The lowest BCUT2D eigenvalue weighted by Gasteiger charge is -2.33. The summed E-state index contributed by atoms with van der Waals surface area (Å²) in [5.41, 5.74) is 0.389. The van der Waals surface area contributed by atoms with E-state index in [1.165, 1.54) is 6.07 Å². The molecule has 3 rings (SSSR count). The molecule has 0 spiro atoms. The van der Waals surface area contributed by atoms with Crippen molar-refractivity contribution in [1.29, 1.82) is 0 Å². The van der Waals surface area contributed by atoms with Crippen LogP contribution in [0.4, 0.5) is 19.0 Å². The third kappa shape index (κ3) is 5.50. The Balaban J connectivity index is 1.51. The highest BCUT2D eigenvalue weighted by Gasteiger charge is 2.31. The van der Waals surface area contributed by atoms with E-state index in [4.69, 9.17) is 0 Å². The molecule has 1 atom stereocenters. The zero-order valence-electron chi connectivity index (χ0n) is 17.2. The van der Waals surface area contributed by atoms with Crippen LogP contribution in [-0.4, -0.2) is 49.5 Å². The average molecular weight is 420 g/mol. The summed E-state index contributed by atoms with van der Waals surface area (Å²) >= 11 is 0. The highest BCUT2D eigenvalue weighted by Crippen LogP contribution is 2.30. The van der Waals surface area contributed by atoms with Crippen LogP contribution in [0.1, 0.15) is 30.0 Å². The van der Waals surface area contributed by atoms with Gasteiger partial charge in [-0.1, -0.05) is 30.3 Å². The molecule has 0 aliphatic carbocycles. The molecular formula is C22H27F3N4O. The predicted octanol–water partition coefficient (Wildman–Crippen LogP) is 3.74. The number of anilines is 1. The maximum atomic E-state index is 12.7. The Morgan fingerprint density at radius 2 is 1.83 bits per heavy atom. The predicted molar refractivity (Wildman–Crippen MR) is 110 cm³/mol. The number of amides is 1. The topological polar surface area (TPSA) is 48.5 Å². The van der Waals surface area contributed by atoms with Gasteiger partial charge in [0.25, 0.3) is 0 Å². The molecule has 1 aromatic carbocycles. The van der Waals surface area contributed by atoms with E-state index in [1.807, 2.05) is 49.3 Å². The number of nitrogens with zero attached hydrogens (tertiary/aromatic N) is 3. The number of piperidine rings is 1. The van der Waals surface area contributed by atoms with E-state index >= 15 is 0 Å². The Bertz CT molecular complexity index is 817. The van der Waals surface area contributed by atoms with Crippen molar-refractivity contribution in [3.05, 3.63) is 59.8 Å². The summed E-state index contributed by atoms with van der Waals surface area (Å²) in [5, 5.41) is 3.07. The number of carbonyl (C=O) groups is 1. The normalized spacial score (nSPS) is 16.5. The van der Waals surface area contributed by atoms with Crippen LogP contribution >= 0.6 is 0 Å². The van der Waals surface area contributed by atoms with Crippen molar-refractivity contribution in [2.24, 2.45) is 5.92 Å². The van der Waals surface area contributed by atoms with Gasteiger partial charge in [0, 0.05) is 31.7 Å². The summed E-state index contributed by atoms with van der Waals surface area (Å²) in [7, 11) is 3.97. The number of halogens is 3. The number of aromatic nitrogens is 1. The van der Waals surface area contributed by atoms with Crippen molar-refractivity contribution in [2.75, 3.05) is 38.6 Å². The molecule has 1 saturated heterocycles. The van der Waals surface area contributed by atoms with E-state index < -0.39 is 11.7 Å². The number of carbonyl (C=O) groups excluding carboxylic acids is 1. The molecule has 2 heterocycles. The smallest absolute Gasteiger partial charge is 0.357 e. The molecule has 0 radical (unpaired) electrons. The molecule has 1 aliphatic heterocycles. The Morgan fingerprint density at radius 3 is 2.37 bits per heavy atom. The molecule has 1 N–H and O–H groups in total. The maximum absolute atomic E-state index is 12.7. The van der Waals surface area contributed by atoms with Gasteiger partial charge in [-0.25, -0.2) is 4.98 Å². The fourth-order valence-electron chi connectivity index (χ4n) is 3.73. The van der Waals surface area contributed by atoms with Crippen LogP contribution in [-0.2, 0) is 11.0 Å². The lowest BCUT2D eigenvalue weighted by Crippen LogP contribution is -2.43. The fraction of sp³-hybridized carbons (Fsp3) is 0.455. The van der Waals surface area contributed by atoms with Gasteiger partial charge in [0.1, 0.15) is 5.82 Å². The molecule has 0 bridgehead atoms. The van der Waals surface area contributed by atoms with E-state index in [1.54, 1.807) is 0 Å². The van der Waals surface area contributed by atoms with Crippen molar-refractivity contribution in [3.63, 3.8) is 0 Å². The molecule has 8 heteroatoms. The minimum absolute atomic E-state index is 0.0257. The first-order valence-electron chi connectivity index (χ1n) is 10.0. The highest BCUT2D eigenvalue weighted by molar-refractivity contribution is 5.79. The second kappa shape index (κ2) is 9.47. The quantitative estimate of drug-likeness (QED) is 0.774. The molecule has 0 saturated carbocycles. The van der Waals surface area contributed by atoms with Gasteiger partial charge in [-0.15, -0.1) is 0 Å². The van der Waals surface area contributed by atoms with E-state index in [0.717, 1.165) is 17.8 Å². The van der Waals surface area contributed by atoms with Gasteiger partial charge < -0.3 is 15.1 Å². The van der Waals surface area contributed by atoms with Gasteiger partial charge in [0.15, 0.2) is 0 Å². The summed E-state index contributed by atoms with van der Waals surface area (Å²) in [6.45, 7) is 1.70. The van der Waals surface area contributed by atoms with Gasteiger partial charge in [-0.2, -0.15) is 13.2 Å².